The quantitative estimate of drug-likeness (QED) is 0.621. The van der Waals surface area contributed by atoms with Gasteiger partial charge in [-0.05, 0) is 24.6 Å². The van der Waals surface area contributed by atoms with E-state index >= 15 is 0 Å². The summed E-state index contributed by atoms with van der Waals surface area (Å²) in [5.41, 5.74) is 1.24. The minimum absolute atomic E-state index is 0.0295. The highest BCUT2D eigenvalue weighted by Crippen LogP contribution is 2.26. The summed E-state index contributed by atoms with van der Waals surface area (Å²) < 4.78 is 11.3. The van der Waals surface area contributed by atoms with Gasteiger partial charge in [-0.3, -0.25) is 4.99 Å². The number of hydrogen-bond acceptors (Lipinski definition) is 3. The lowest BCUT2D eigenvalue weighted by molar-refractivity contribution is 0.212. The predicted octanol–water partition coefficient (Wildman–Crippen LogP) is 3.17. The van der Waals surface area contributed by atoms with Gasteiger partial charge in [-0.15, -0.1) is 0 Å². The van der Waals surface area contributed by atoms with Gasteiger partial charge in [0.25, 0.3) is 0 Å². The Morgan fingerprint density at radius 3 is 2.36 bits per heavy atom. The zero-order chi connectivity index (χ0) is 18.1. The van der Waals surface area contributed by atoms with E-state index in [2.05, 4.69) is 27.3 Å². The monoisotopic (exact) mass is 341 g/mol. The molecule has 0 radical (unpaired) electrons. The molecule has 0 fully saturated rings. The Kier molecular flexibility index (Phi) is 7.14. The minimum Gasteiger partial charge on any atom is -0.493 e. The van der Waals surface area contributed by atoms with Crippen LogP contribution in [0, 0.1) is 0 Å². The molecular formula is C20H27N3O2. The van der Waals surface area contributed by atoms with Crippen molar-refractivity contribution in [3.05, 3.63) is 60.2 Å². The Labute approximate surface area is 150 Å². The van der Waals surface area contributed by atoms with Gasteiger partial charge in [-0.25, -0.2) is 0 Å². The maximum Gasteiger partial charge on any atom is 0.193 e. The van der Waals surface area contributed by atoms with Gasteiger partial charge in [0.1, 0.15) is 6.10 Å². The topological polar surface area (TPSA) is 46.1 Å². The van der Waals surface area contributed by atoms with Crippen molar-refractivity contribution in [2.24, 2.45) is 4.99 Å². The molecule has 0 aliphatic heterocycles. The standard InChI is InChI=1S/C20H27N3O2/c1-16(25-19-13-9-8-12-18(19)24-4)14-22-20(21-2)23(3)15-17-10-6-5-7-11-17/h5-13,16H,14-15H2,1-4H3,(H,21,22). The third-order valence-electron chi connectivity index (χ3n) is 3.78. The molecule has 2 aromatic carbocycles. The van der Waals surface area contributed by atoms with E-state index in [1.807, 2.05) is 56.4 Å². The van der Waals surface area contributed by atoms with Crippen molar-refractivity contribution in [3.63, 3.8) is 0 Å². The van der Waals surface area contributed by atoms with Gasteiger partial charge in [0.05, 0.1) is 13.7 Å². The van der Waals surface area contributed by atoms with Crippen molar-refractivity contribution in [1.82, 2.24) is 10.2 Å². The van der Waals surface area contributed by atoms with Gasteiger partial charge in [-0.2, -0.15) is 0 Å². The van der Waals surface area contributed by atoms with Crippen LogP contribution in [0.4, 0.5) is 0 Å². The van der Waals surface area contributed by atoms with Crippen molar-refractivity contribution >= 4 is 5.96 Å². The number of ether oxygens (including phenoxy) is 2. The van der Waals surface area contributed by atoms with Crippen molar-refractivity contribution in [2.75, 3.05) is 27.7 Å². The molecule has 134 valence electrons. The fourth-order valence-corrected chi connectivity index (χ4v) is 2.53. The smallest absolute Gasteiger partial charge is 0.193 e. The maximum absolute atomic E-state index is 5.97. The highest BCUT2D eigenvalue weighted by molar-refractivity contribution is 5.79. The van der Waals surface area contributed by atoms with Gasteiger partial charge in [0, 0.05) is 20.6 Å². The average Bonchev–Trinajstić information content (AvgIpc) is 2.63. The zero-order valence-corrected chi connectivity index (χ0v) is 15.4. The number of para-hydroxylation sites is 2. The summed E-state index contributed by atoms with van der Waals surface area (Å²) in [6, 6.07) is 18.0. The minimum atomic E-state index is -0.0295. The number of hydrogen-bond donors (Lipinski definition) is 1. The molecule has 0 saturated carbocycles. The molecule has 1 N–H and O–H groups in total. The summed E-state index contributed by atoms with van der Waals surface area (Å²) in [7, 11) is 5.45. The second-order valence-electron chi connectivity index (χ2n) is 5.85. The Hall–Kier alpha value is -2.69. The van der Waals surface area contributed by atoms with E-state index in [0.717, 1.165) is 24.0 Å². The third-order valence-corrected chi connectivity index (χ3v) is 3.78. The first-order valence-corrected chi connectivity index (χ1v) is 8.39. The van der Waals surface area contributed by atoms with Crippen LogP contribution in [0.15, 0.2) is 59.6 Å². The van der Waals surface area contributed by atoms with Crippen LogP contribution in [0.3, 0.4) is 0 Å². The molecule has 1 unspecified atom stereocenters. The average molecular weight is 341 g/mol. The molecule has 1 atom stereocenters. The lowest BCUT2D eigenvalue weighted by atomic mass is 10.2. The molecule has 0 amide bonds. The number of benzene rings is 2. The number of nitrogens with zero attached hydrogens (tertiary/aromatic N) is 2. The molecule has 0 saturated heterocycles. The Bertz CT molecular complexity index is 674. The summed E-state index contributed by atoms with van der Waals surface area (Å²) in [4.78, 5) is 6.44. The van der Waals surface area contributed by atoms with Crippen molar-refractivity contribution < 1.29 is 9.47 Å². The molecule has 5 heteroatoms. The normalized spacial score (nSPS) is 12.4. The maximum atomic E-state index is 5.97. The number of methoxy groups -OCH3 is 1. The Morgan fingerprint density at radius 2 is 1.72 bits per heavy atom. The van der Waals surface area contributed by atoms with E-state index in [1.165, 1.54) is 5.56 Å². The second-order valence-corrected chi connectivity index (χ2v) is 5.85. The van der Waals surface area contributed by atoms with E-state index < -0.39 is 0 Å². The van der Waals surface area contributed by atoms with E-state index in [9.17, 15) is 0 Å². The van der Waals surface area contributed by atoms with Crippen LogP contribution in [0.1, 0.15) is 12.5 Å². The molecule has 2 aromatic rings. The van der Waals surface area contributed by atoms with Crippen LogP contribution in [0.2, 0.25) is 0 Å². The molecule has 0 aromatic heterocycles. The van der Waals surface area contributed by atoms with Crippen molar-refractivity contribution in [3.8, 4) is 11.5 Å². The van der Waals surface area contributed by atoms with Crippen LogP contribution < -0.4 is 14.8 Å². The van der Waals surface area contributed by atoms with Gasteiger partial charge in [0.15, 0.2) is 17.5 Å². The number of aliphatic imine (C=N–C) groups is 1. The molecule has 2 rings (SSSR count). The summed E-state index contributed by atoms with van der Waals surface area (Å²) in [5, 5.41) is 3.36. The van der Waals surface area contributed by atoms with E-state index in [-0.39, 0.29) is 6.10 Å². The Balaban J connectivity index is 1.87. The summed E-state index contributed by atoms with van der Waals surface area (Å²) in [6.07, 6.45) is -0.0295. The third kappa shape index (κ3) is 5.71. The fourth-order valence-electron chi connectivity index (χ4n) is 2.53. The van der Waals surface area contributed by atoms with Gasteiger partial charge < -0.3 is 19.7 Å². The van der Waals surface area contributed by atoms with Crippen LogP contribution in [0.25, 0.3) is 0 Å². The molecule has 0 spiro atoms. The first-order chi connectivity index (χ1) is 12.1. The number of guanidine groups is 1. The van der Waals surface area contributed by atoms with E-state index in [1.54, 1.807) is 14.2 Å². The Morgan fingerprint density at radius 1 is 1.08 bits per heavy atom. The first kappa shape index (κ1) is 18.6. The fraction of sp³-hybridized carbons (Fsp3) is 0.350. The van der Waals surface area contributed by atoms with Crippen molar-refractivity contribution in [1.29, 1.82) is 0 Å². The molecule has 0 bridgehead atoms. The van der Waals surface area contributed by atoms with Crippen LogP contribution in [-0.2, 0) is 6.54 Å². The molecule has 25 heavy (non-hydrogen) atoms. The van der Waals surface area contributed by atoms with E-state index in [0.29, 0.717) is 6.54 Å². The molecular weight excluding hydrogens is 314 g/mol. The summed E-state index contributed by atoms with van der Waals surface area (Å²) in [5.74, 6) is 2.31. The molecule has 0 aliphatic carbocycles. The lowest BCUT2D eigenvalue weighted by Crippen LogP contribution is -2.42. The largest absolute Gasteiger partial charge is 0.493 e. The first-order valence-electron chi connectivity index (χ1n) is 8.39. The van der Waals surface area contributed by atoms with Crippen LogP contribution in [-0.4, -0.2) is 44.7 Å². The molecule has 0 aliphatic rings. The summed E-state index contributed by atoms with van der Waals surface area (Å²) in [6.45, 7) is 3.45. The molecule has 0 heterocycles. The zero-order valence-electron chi connectivity index (χ0n) is 15.4. The predicted molar refractivity (Wildman–Crippen MR) is 102 cm³/mol. The number of nitrogens with one attached hydrogen (secondary N) is 1. The van der Waals surface area contributed by atoms with Crippen LogP contribution in [0.5, 0.6) is 11.5 Å². The highest BCUT2D eigenvalue weighted by Gasteiger charge is 2.11. The van der Waals surface area contributed by atoms with E-state index in [4.69, 9.17) is 9.47 Å². The van der Waals surface area contributed by atoms with Crippen LogP contribution >= 0.6 is 0 Å². The molecule has 5 nitrogen and oxygen atoms in total. The SMILES string of the molecule is CN=C(NCC(C)Oc1ccccc1OC)N(C)Cc1ccccc1. The van der Waals surface area contributed by atoms with Gasteiger partial charge >= 0.3 is 0 Å². The highest BCUT2D eigenvalue weighted by atomic mass is 16.5. The number of rotatable bonds is 7. The van der Waals surface area contributed by atoms with Crippen molar-refractivity contribution in [2.45, 2.75) is 19.6 Å². The second kappa shape index (κ2) is 9.57. The van der Waals surface area contributed by atoms with Gasteiger partial charge in [-0.1, -0.05) is 42.5 Å². The lowest BCUT2D eigenvalue weighted by Gasteiger charge is -2.24. The summed E-state index contributed by atoms with van der Waals surface area (Å²) >= 11 is 0. The van der Waals surface area contributed by atoms with Gasteiger partial charge in [0.2, 0.25) is 0 Å².